The van der Waals surface area contributed by atoms with Crippen molar-refractivity contribution in [2.24, 2.45) is 0 Å². The van der Waals surface area contributed by atoms with Crippen LogP contribution in [-0.4, -0.2) is 35.3 Å². The molecule has 0 spiro atoms. The average molecular weight is 305 g/mol. The van der Waals surface area contributed by atoms with Gasteiger partial charge in [0.05, 0.1) is 0 Å². The summed E-state index contributed by atoms with van der Waals surface area (Å²) in [7, 11) is 0. The molecule has 1 aromatic heterocycles. The molecule has 1 N–H and O–H groups in total. The summed E-state index contributed by atoms with van der Waals surface area (Å²) >= 11 is 1.75. The van der Waals surface area contributed by atoms with Crippen molar-refractivity contribution in [3.8, 4) is 5.75 Å². The summed E-state index contributed by atoms with van der Waals surface area (Å²) in [5.74, 6) is 0.797. The molecule has 0 radical (unpaired) electrons. The molecule has 2 rings (SSSR count). The smallest absolute Gasteiger partial charge is 0.119 e. The molecule has 0 amide bonds. The van der Waals surface area contributed by atoms with E-state index in [9.17, 15) is 5.11 Å². The van der Waals surface area contributed by atoms with Gasteiger partial charge in [0.2, 0.25) is 0 Å². The zero-order valence-electron chi connectivity index (χ0n) is 12.6. The van der Waals surface area contributed by atoms with Crippen molar-refractivity contribution < 1.29 is 9.84 Å². The van der Waals surface area contributed by atoms with Gasteiger partial charge in [-0.25, -0.2) is 0 Å². The first-order chi connectivity index (χ1) is 10.1. The van der Waals surface area contributed by atoms with Gasteiger partial charge in [0, 0.05) is 24.0 Å². The van der Waals surface area contributed by atoms with Crippen molar-refractivity contribution >= 4 is 11.3 Å². The number of benzene rings is 1. The number of rotatable bonds is 8. The van der Waals surface area contributed by atoms with E-state index in [0.717, 1.165) is 12.3 Å². The van der Waals surface area contributed by atoms with Crippen molar-refractivity contribution in [1.29, 1.82) is 0 Å². The average Bonchev–Trinajstić information content (AvgIpc) is 2.98. The monoisotopic (exact) mass is 305 g/mol. The molecule has 0 saturated carbocycles. The maximum absolute atomic E-state index is 10.2. The Balaban J connectivity index is 1.82. The van der Waals surface area contributed by atoms with Gasteiger partial charge in [0.15, 0.2) is 0 Å². The molecule has 1 aromatic carbocycles. The summed E-state index contributed by atoms with van der Waals surface area (Å²) in [6.45, 7) is 6.11. The number of para-hydroxylation sites is 1. The van der Waals surface area contributed by atoms with Crippen molar-refractivity contribution in [2.45, 2.75) is 32.5 Å². The van der Waals surface area contributed by atoms with E-state index >= 15 is 0 Å². The second-order valence-corrected chi connectivity index (χ2v) is 6.41. The van der Waals surface area contributed by atoms with E-state index in [1.54, 1.807) is 11.3 Å². The van der Waals surface area contributed by atoms with Crippen LogP contribution in [0.15, 0.2) is 47.8 Å². The number of hydrogen-bond acceptors (Lipinski definition) is 4. The fourth-order valence-corrected chi connectivity index (χ4v) is 2.82. The van der Waals surface area contributed by atoms with Crippen LogP contribution in [0.4, 0.5) is 0 Å². The quantitative estimate of drug-likeness (QED) is 0.811. The molecule has 2 aromatic rings. The van der Waals surface area contributed by atoms with Gasteiger partial charge >= 0.3 is 0 Å². The fourth-order valence-electron chi connectivity index (χ4n) is 2.09. The molecule has 0 aliphatic carbocycles. The maximum Gasteiger partial charge on any atom is 0.119 e. The number of nitrogens with zero attached hydrogens (tertiary/aromatic N) is 1. The van der Waals surface area contributed by atoms with Crippen LogP contribution in [0, 0.1) is 0 Å². The van der Waals surface area contributed by atoms with Gasteiger partial charge in [0.1, 0.15) is 18.5 Å². The van der Waals surface area contributed by atoms with E-state index in [2.05, 4.69) is 36.3 Å². The second kappa shape index (κ2) is 8.17. The molecule has 0 aliphatic heterocycles. The number of hydrogen-bond donors (Lipinski definition) is 1. The Bertz CT molecular complexity index is 499. The number of aliphatic hydroxyl groups is 1. The summed E-state index contributed by atoms with van der Waals surface area (Å²) in [5, 5.41) is 12.3. The first-order valence-electron chi connectivity index (χ1n) is 7.27. The predicted molar refractivity (Wildman–Crippen MR) is 87.8 cm³/mol. The Morgan fingerprint density at radius 1 is 1.14 bits per heavy atom. The van der Waals surface area contributed by atoms with Gasteiger partial charge in [-0.2, -0.15) is 0 Å². The molecule has 0 bridgehead atoms. The first kappa shape index (κ1) is 16.0. The van der Waals surface area contributed by atoms with E-state index < -0.39 is 6.10 Å². The van der Waals surface area contributed by atoms with Crippen LogP contribution in [0.1, 0.15) is 18.7 Å². The minimum Gasteiger partial charge on any atom is -0.491 e. The highest BCUT2D eigenvalue weighted by atomic mass is 32.1. The second-order valence-electron chi connectivity index (χ2n) is 5.38. The Morgan fingerprint density at radius 3 is 2.52 bits per heavy atom. The van der Waals surface area contributed by atoms with E-state index in [0.29, 0.717) is 19.2 Å². The lowest BCUT2D eigenvalue weighted by atomic mass is 10.2. The zero-order chi connectivity index (χ0) is 15.1. The molecular formula is C17H23NO2S. The van der Waals surface area contributed by atoms with Gasteiger partial charge in [0.25, 0.3) is 0 Å². The molecule has 4 heteroatoms. The Hall–Kier alpha value is -1.36. The summed E-state index contributed by atoms with van der Waals surface area (Å²) < 4.78 is 5.61. The number of thiophene rings is 1. The molecule has 1 heterocycles. The first-order valence-corrected chi connectivity index (χ1v) is 8.15. The van der Waals surface area contributed by atoms with Crippen LogP contribution in [-0.2, 0) is 6.54 Å². The van der Waals surface area contributed by atoms with Crippen LogP contribution in [0.5, 0.6) is 5.75 Å². The third-order valence-electron chi connectivity index (χ3n) is 3.30. The van der Waals surface area contributed by atoms with Crippen LogP contribution >= 0.6 is 11.3 Å². The Morgan fingerprint density at radius 2 is 1.90 bits per heavy atom. The number of aliphatic hydroxyl groups excluding tert-OH is 1. The van der Waals surface area contributed by atoms with Crippen LogP contribution in [0.2, 0.25) is 0 Å². The predicted octanol–water partition coefficient (Wildman–Crippen LogP) is 3.40. The van der Waals surface area contributed by atoms with Gasteiger partial charge in [-0.15, -0.1) is 11.3 Å². The minimum absolute atomic E-state index is 0.317. The van der Waals surface area contributed by atoms with Gasteiger partial charge in [-0.05, 0) is 37.4 Å². The molecule has 1 atom stereocenters. The third-order valence-corrected chi connectivity index (χ3v) is 4.16. The molecule has 1 unspecified atom stereocenters. The van der Waals surface area contributed by atoms with Gasteiger partial charge < -0.3 is 9.84 Å². The molecule has 0 fully saturated rings. The van der Waals surface area contributed by atoms with Crippen molar-refractivity contribution in [1.82, 2.24) is 4.90 Å². The maximum atomic E-state index is 10.2. The summed E-state index contributed by atoms with van der Waals surface area (Å²) in [4.78, 5) is 3.59. The third kappa shape index (κ3) is 5.50. The number of ether oxygens (including phenoxy) is 1. The molecule has 3 nitrogen and oxygen atoms in total. The van der Waals surface area contributed by atoms with Crippen molar-refractivity contribution in [2.75, 3.05) is 13.2 Å². The lowest BCUT2D eigenvalue weighted by Crippen LogP contribution is -2.39. The highest BCUT2D eigenvalue weighted by Crippen LogP contribution is 2.15. The van der Waals surface area contributed by atoms with E-state index in [1.165, 1.54) is 4.88 Å². The summed E-state index contributed by atoms with van der Waals surface area (Å²) in [6.07, 6.45) is -0.493. The lowest BCUT2D eigenvalue weighted by Gasteiger charge is -2.28. The van der Waals surface area contributed by atoms with Crippen molar-refractivity contribution in [3.63, 3.8) is 0 Å². The Kier molecular flexibility index (Phi) is 6.23. The fraction of sp³-hybridized carbons (Fsp3) is 0.412. The standard InChI is InChI=1S/C17H23NO2S/c1-14(2)18(12-17-9-6-10-21-17)11-15(19)13-20-16-7-4-3-5-8-16/h3-10,14-15,19H,11-13H2,1-2H3. The molecule has 0 aliphatic rings. The normalized spacial score (nSPS) is 12.8. The van der Waals surface area contributed by atoms with E-state index in [1.807, 2.05) is 30.3 Å². The van der Waals surface area contributed by atoms with Crippen LogP contribution in [0.25, 0.3) is 0 Å². The van der Waals surface area contributed by atoms with E-state index in [-0.39, 0.29) is 0 Å². The van der Waals surface area contributed by atoms with Crippen LogP contribution in [0.3, 0.4) is 0 Å². The highest BCUT2D eigenvalue weighted by molar-refractivity contribution is 7.09. The minimum atomic E-state index is -0.493. The van der Waals surface area contributed by atoms with Gasteiger partial charge in [-0.3, -0.25) is 4.90 Å². The molecule has 0 saturated heterocycles. The molecule has 21 heavy (non-hydrogen) atoms. The summed E-state index contributed by atoms with van der Waals surface area (Å²) in [5.41, 5.74) is 0. The largest absolute Gasteiger partial charge is 0.491 e. The lowest BCUT2D eigenvalue weighted by molar-refractivity contribution is 0.0547. The highest BCUT2D eigenvalue weighted by Gasteiger charge is 2.16. The van der Waals surface area contributed by atoms with Crippen molar-refractivity contribution in [3.05, 3.63) is 52.7 Å². The topological polar surface area (TPSA) is 32.7 Å². The van der Waals surface area contributed by atoms with Gasteiger partial charge in [-0.1, -0.05) is 24.3 Å². The SMILES string of the molecule is CC(C)N(Cc1cccs1)CC(O)COc1ccccc1. The van der Waals surface area contributed by atoms with E-state index in [4.69, 9.17) is 4.74 Å². The van der Waals surface area contributed by atoms with Crippen LogP contribution < -0.4 is 4.74 Å². The molecular weight excluding hydrogens is 282 g/mol. The summed E-state index contributed by atoms with van der Waals surface area (Å²) in [6, 6.07) is 14.2. The zero-order valence-corrected chi connectivity index (χ0v) is 13.4. The molecule has 114 valence electrons. The Labute approximate surface area is 130 Å².